The predicted molar refractivity (Wildman–Crippen MR) is 127 cm³/mol. The summed E-state index contributed by atoms with van der Waals surface area (Å²) < 4.78 is 18.5. The van der Waals surface area contributed by atoms with Crippen LogP contribution in [0.4, 0.5) is 9.18 Å². The Balaban J connectivity index is 1.70. The maximum absolute atomic E-state index is 13.2. The zero-order valence-corrected chi connectivity index (χ0v) is 18.7. The van der Waals surface area contributed by atoms with Crippen LogP contribution in [0.5, 0.6) is 0 Å². The van der Waals surface area contributed by atoms with Gasteiger partial charge in [0.2, 0.25) is 5.91 Å². The van der Waals surface area contributed by atoms with Crippen LogP contribution in [-0.2, 0) is 33.8 Å². The van der Waals surface area contributed by atoms with Crippen LogP contribution in [0, 0.1) is 0 Å². The van der Waals surface area contributed by atoms with E-state index in [0.29, 0.717) is 0 Å². The van der Waals surface area contributed by atoms with Crippen molar-refractivity contribution in [3.05, 3.63) is 108 Å². The molecule has 0 heterocycles. The molecule has 1 unspecified atom stereocenters. The van der Waals surface area contributed by atoms with E-state index in [4.69, 9.17) is 4.74 Å². The highest BCUT2D eigenvalue weighted by molar-refractivity contribution is 5.93. The minimum Gasteiger partial charge on any atom is -0.445 e. The lowest BCUT2D eigenvalue weighted by Gasteiger charge is -2.22. The molecule has 176 valence electrons. The molecule has 2 amide bonds. The third kappa shape index (κ3) is 7.85. The SMILES string of the molecule is O=C(N[C@@H](Cc1ccccc1)C(=O)NC(Cc1ccccc1)C(=O)CF)OCc1ccccc1. The number of Topliss-reactive ketones (excluding diaryl/α,β-unsaturated/α-hetero) is 1. The Labute approximate surface area is 198 Å². The zero-order chi connectivity index (χ0) is 24.2. The van der Waals surface area contributed by atoms with E-state index >= 15 is 0 Å². The molecule has 3 aromatic rings. The second-order valence-electron chi connectivity index (χ2n) is 7.80. The summed E-state index contributed by atoms with van der Waals surface area (Å²) in [7, 11) is 0. The van der Waals surface area contributed by atoms with Crippen LogP contribution in [0.25, 0.3) is 0 Å². The zero-order valence-electron chi connectivity index (χ0n) is 18.7. The number of ether oxygens (including phenoxy) is 1. The Kier molecular flexibility index (Phi) is 9.34. The van der Waals surface area contributed by atoms with E-state index in [1.807, 2.05) is 66.7 Å². The third-order valence-corrected chi connectivity index (χ3v) is 5.22. The lowest BCUT2D eigenvalue weighted by atomic mass is 10.0. The van der Waals surface area contributed by atoms with Gasteiger partial charge in [-0.1, -0.05) is 91.0 Å². The van der Waals surface area contributed by atoms with Crippen LogP contribution in [0.2, 0.25) is 0 Å². The third-order valence-electron chi connectivity index (χ3n) is 5.22. The highest BCUT2D eigenvalue weighted by Crippen LogP contribution is 2.08. The number of rotatable bonds is 11. The number of amides is 2. The molecule has 34 heavy (non-hydrogen) atoms. The van der Waals surface area contributed by atoms with E-state index in [2.05, 4.69) is 10.6 Å². The second kappa shape index (κ2) is 12.9. The molecule has 0 spiro atoms. The standard InChI is InChI=1S/C27H27FN2O4/c28-18-25(31)23(16-20-10-4-1-5-11-20)29-26(32)24(17-21-12-6-2-7-13-21)30-27(33)34-19-22-14-8-3-9-15-22/h1-15,23-24H,16-19H2,(H,29,32)(H,30,33)/t23?,24-/m0/s1. The molecule has 7 heteroatoms. The topological polar surface area (TPSA) is 84.5 Å². The lowest BCUT2D eigenvalue weighted by molar-refractivity contribution is -0.129. The van der Waals surface area contributed by atoms with Crippen molar-refractivity contribution in [2.75, 3.05) is 6.67 Å². The number of alkyl carbamates (subject to hydrolysis) is 1. The number of hydrogen-bond acceptors (Lipinski definition) is 4. The van der Waals surface area contributed by atoms with Crippen LogP contribution in [-0.4, -0.2) is 36.5 Å². The molecule has 0 aromatic heterocycles. The summed E-state index contributed by atoms with van der Waals surface area (Å²) in [4.78, 5) is 37.8. The first-order valence-corrected chi connectivity index (χ1v) is 11.0. The van der Waals surface area contributed by atoms with Gasteiger partial charge in [-0.2, -0.15) is 0 Å². The number of carbonyl (C=O) groups excluding carboxylic acids is 3. The first kappa shape index (κ1) is 24.6. The van der Waals surface area contributed by atoms with Gasteiger partial charge in [-0.25, -0.2) is 9.18 Å². The average Bonchev–Trinajstić information content (AvgIpc) is 2.88. The Morgan fingerprint density at radius 3 is 1.65 bits per heavy atom. The second-order valence-corrected chi connectivity index (χ2v) is 7.80. The van der Waals surface area contributed by atoms with Crippen molar-refractivity contribution in [1.82, 2.24) is 10.6 Å². The van der Waals surface area contributed by atoms with Crippen LogP contribution < -0.4 is 10.6 Å². The summed E-state index contributed by atoms with van der Waals surface area (Å²) in [6, 6.07) is 25.2. The van der Waals surface area contributed by atoms with E-state index in [-0.39, 0.29) is 19.4 Å². The highest BCUT2D eigenvalue weighted by Gasteiger charge is 2.27. The fourth-order valence-corrected chi connectivity index (χ4v) is 3.43. The van der Waals surface area contributed by atoms with E-state index in [1.165, 1.54) is 0 Å². The van der Waals surface area contributed by atoms with E-state index in [9.17, 15) is 18.8 Å². The number of nitrogens with one attached hydrogen (secondary N) is 2. The van der Waals surface area contributed by atoms with Crippen molar-refractivity contribution >= 4 is 17.8 Å². The smallest absolute Gasteiger partial charge is 0.408 e. The van der Waals surface area contributed by atoms with Gasteiger partial charge in [0.15, 0.2) is 5.78 Å². The number of ketones is 1. The molecule has 2 atom stereocenters. The molecule has 3 aromatic carbocycles. The number of carbonyl (C=O) groups is 3. The largest absolute Gasteiger partial charge is 0.445 e. The molecule has 0 fully saturated rings. The maximum Gasteiger partial charge on any atom is 0.408 e. The minimum absolute atomic E-state index is 0.0450. The molecule has 0 bridgehead atoms. The summed E-state index contributed by atoms with van der Waals surface area (Å²) in [5, 5.41) is 5.20. The normalized spacial score (nSPS) is 12.3. The molecular weight excluding hydrogens is 435 g/mol. The summed E-state index contributed by atoms with van der Waals surface area (Å²) in [5.74, 6) is -1.33. The lowest BCUT2D eigenvalue weighted by Crippen LogP contribution is -2.53. The summed E-state index contributed by atoms with van der Waals surface area (Å²) >= 11 is 0. The van der Waals surface area contributed by atoms with Gasteiger partial charge in [0, 0.05) is 6.42 Å². The Morgan fingerprint density at radius 2 is 1.15 bits per heavy atom. The quantitative estimate of drug-likeness (QED) is 0.454. The van der Waals surface area contributed by atoms with E-state index in [1.54, 1.807) is 24.3 Å². The van der Waals surface area contributed by atoms with Gasteiger partial charge in [-0.3, -0.25) is 9.59 Å². The van der Waals surface area contributed by atoms with Crippen molar-refractivity contribution < 1.29 is 23.5 Å². The molecule has 0 aliphatic rings. The molecule has 2 N–H and O–H groups in total. The molecular formula is C27H27FN2O4. The fraction of sp³-hybridized carbons (Fsp3) is 0.222. The number of alkyl halides is 1. The van der Waals surface area contributed by atoms with E-state index < -0.39 is 36.5 Å². The molecule has 0 aliphatic heterocycles. The molecule has 0 radical (unpaired) electrons. The van der Waals surface area contributed by atoms with Crippen molar-refractivity contribution in [2.45, 2.75) is 31.5 Å². The average molecular weight is 463 g/mol. The summed E-state index contributed by atoms with van der Waals surface area (Å²) in [5.41, 5.74) is 2.39. The van der Waals surface area contributed by atoms with Gasteiger partial charge in [0.05, 0.1) is 6.04 Å². The molecule has 3 rings (SSSR count). The minimum atomic E-state index is -1.20. The van der Waals surface area contributed by atoms with Crippen molar-refractivity contribution in [3.8, 4) is 0 Å². The highest BCUT2D eigenvalue weighted by atomic mass is 19.1. The number of benzene rings is 3. The Hall–Kier alpha value is -4.00. The number of hydrogen-bond donors (Lipinski definition) is 2. The van der Waals surface area contributed by atoms with Gasteiger partial charge in [-0.15, -0.1) is 0 Å². The molecule has 0 aliphatic carbocycles. The van der Waals surface area contributed by atoms with E-state index in [0.717, 1.165) is 16.7 Å². The molecule has 0 saturated carbocycles. The van der Waals surface area contributed by atoms with Crippen molar-refractivity contribution in [3.63, 3.8) is 0 Å². The monoisotopic (exact) mass is 462 g/mol. The molecule has 6 nitrogen and oxygen atoms in total. The maximum atomic E-state index is 13.2. The first-order chi connectivity index (χ1) is 16.5. The predicted octanol–water partition coefficient (Wildman–Crippen LogP) is 3.79. The molecule has 0 saturated heterocycles. The number of halogens is 1. The first-order valence-electron chi connectivity index (χ1n) is 11.0. The van der Waals surface area contributed by atoms with Crippen LogP contribution in [0.3, 0.4) is 0 Å². The Bertz CT molecular complexity index is 1060. The van der Waals surface area contributed by atoms with Crippen molar-refractivity contribution in [1.29, 1.82) is 0 Å². The fourth-order valence-electron chi connectivity index (χ4n) is 3.43. The van der Waals surface area contributed by atoms with Gasteiger partial charge in [0.1, 0.15) is 19.3 Å². The summed E-state index contributed by atoms with van der Waals surface area (Å²) in [6.45, 7) is -1.16. The van der Waals surface area contributed by atoms with Crippen LogP contribution in [0.15, 0.2) is 91.0 Å². The van der Waals surface area contributed by atoms with Gasteiger partial charge >= 0.3 is 6.09 Å². The van der Waals surface area contributed by atoms with Gasteiger partial charge in [0.25, 0.3) is 0 Å². The van der Waals surface area contributed by atoms with Gasteiger partial charge in [-0.05, 0) is 23.1 Å². The summed E-state index contributed by atoms with van der Waals surface area (Å²) in [6.07, 6.45) is -0.447. The van der Waals surface area contributed by atoms with Crippen LogP contribution >= 0.6 is 0 Å². The van der Waals surface area contributed by atoms with Crippen molar-refractivity contribution in [2.24, 2.45) is 0 Å². The van der Waals surface area contributed by atoms with Crippen LogP contribution in [0.1, 0.15) is 16.7 Å². The Morgan fingerprint density at radius 1 is 0.676 bits per heavy atom. The van der Waals surface area contributed by atoms with Gasteiger partial charge < -0.3 is 15.4 Å².